The van der Waals surface area contributed by atoms with Crippen LogP contribution in [-0.2, 0) is 20.9 Å². The molecule has 0 radical (unpaired) electrons. The van der Waals surface area contributed by atoms with Crippen LogP contribution < -0.4 is 10.6 Å². The van der Waals surface area contributed by atoms with Crippen LogP contribution in [0.1, 0.15) is 76.8 Å². The molecule has 4 rings (SSSR count). The number of amides is 3. The summed E-state index contributed by atoms with van der Waals surface area (Å²) in [5.74, 6) is 2.74. The summed E-state index contributed by atoms with van der Waals surface area (Å²) in [6, 6.07) is 7.49. The molecule has 3 aliphatic rings. The molecule has 234 valence electrons. The number of thioether (sulfide) groups is 2. The highest BCUT2D eigenvalue weighted by Crippen LogP contribution is 2.28. The second-order valence-corrected chi connectivity index (χ2v) is 15.2. The Morgan fingerprint density at radius 2 is 1.74 bits per heavy atom. The number of ether oxygens (including phenoxy) is 1. The molecule has 1 saturated carbocycles. The highest BCUT2D eigenvalue weighted by Gasteiger charge is 2.39. The lowest BCUT2D eigenvalue weighted by molar-refractivity contribution is -0.131. The molecule has 2 atom stereocenters. The fourth-order valence-electron chi connectivity index (χ4n) is 5.81. The van der Waals surface area contributed by atoms with Crippen molar-refractivity contribution in [1.82, 2.24) is 20.4 Å². The maximum Gasteiger partial charge on any atom is 0.411 e. The van der Waals surface area contributed by atoms with Gasteiger partial charge in [0, 0.05) is 37.2 Å². The zero-order chi connectivity index (χ0) is 30.1. The predicted molar refractivity (Wildman–Crippen MR) is 173 cm³/mol. The first-order valence-electron chi connectivity index (χ1n) is 15.6. The Balaban J connectivity index is 1.32. The van der Waals surface area contributed by atoms with Gasteiger partial charge in [0.15, 0.2) is 0 Å². The molecule has 2 N–H and O–H groups in total. The highest BCUT2D eigenvalue weighted by molar-refractivity contribution is 7.99. The molecule has 3 amide bonds. The number of hydrogen-bond donors (Lipinski definition) is 2. The van der Waals surface area contributed by atoms with Crippen LogP contribution in [0.4, 0.5) is 4.79 Å². The second kappa shape index (κ2) is 15.7. The van der Waals surface area contributed by atoms with E-state index in [1.165, 1.54) is 59.9 Å². The molecule has 0 spiro atoms. The SMILES string of the molecule is Cc1ccc(CN2CCC(NC(=O)C(CSCC3CCCCC3)NC(=O)C3CSCN3C(=O)OC(C)(C)C)CC2)cc1. The highest BCUT2D eigenvalue weighted by atomic mass is 32.2. The van der Waals surface area contributed by atoms with Gasteiger partial charge in [-0.05, 0) is 70.6 Å². The quantitative estimate of drug-likeness (QED) is 0.373. The minimum Gasteiger partial charge on any atom is -0.444 e. The molecule has 42 heavy (non-hydrogen) atoms. The molecule has 0 bridgehead atoms. The Morgan fingerprint density at radius 1 is 1.05 bits per heavy atom. The number of nitrogens with one attached hydrogen (secondary N) is 2. The van der Waals surface area contributed by atoms with Crippen molar-refractivity contribution in [1.29, 1.82) is 0 Å². The van der Waals surface area contributed by atoms with Gasteiger partial charge in [0.05, 0.1) is 5.88 Å². The number of likely N-dealkylation sites (tertiary alicyclic amines) is 1. The number of carbonyl (C=O) groups is 3. The number of benzene rings is 1. The Morgan fingerprint density at radius 3 is 2.40 bits per heavy atom. The summed E-state index contributed by atoms with van der Waals surface area (Å²) in [5.41, 5.74) is 1.94. The van der Waals surface area contributed by atoms with E-state index in [4.69, 9.17) is 4.74 Å². The lowest BCUT2D eigenvalue weighted by Gasteiger charge is -2.33. The van der Waals surface area contributed by atoms with E-state index >= 15 is 0 Å². The summed E-state index contributed by atoms with van der Waals surface area (Å²) in [6.45, 7) is 10.3. The van der Waals surface area contributed by atoms with Crippen LogP contribution in [0.15, 0.2) is 24.3 Å². The van der Waals surface area contributed by atoms with Crippen LogP contribution in [0.2, 0.25) is 0 Å². The van der Waals surface area contributed by atoms with Gasteiger partial charge in [0.25, 0.3) is 0 Å². The van der Waals surface area contributed by atoms with Crippen molar-refractivity contribution in [2.75, 3.05) is 36.2 Å². The van der Waals surface area contributed by atoms with Gasteiger partial charge in [-0.3, -0.25) is 19.4 Å². The van der Waals surface area contributed by atoms with Crippen molar-refractivity contribution in [2.45, 2.75) is 103 Å². The number of aryl methyl sites for hydroxylation is 1. The number of hydrogen-bond acceptors (Lipinski definition) is 7. The van der Waals surface area contributed by atoms with Gasteiger partial charge < -0.3 is 15.4 Å². The van der Waals surface area contributed by atoms with Gasteiger partial charge in [-0.2, -0.15) is 11.8 Å². The van der Waals surface area contributed by atoms with Gasteiger partial charge >= 0.3 is 6.09 Å². The third kappa shape index (κ3) is 10.4. The first-order chi connectivity index (χ1) is 20.1. The van der Waals surface area contributed by atoms with Crippen molar-refractivity contribution in [2.24, 2.45) is 5.92 Å². The van der Waals surface area contributed by atoms with Crippen molar-refractivity contribution in [3.63, 3.8) is 0 Å². The standard InChI is InChI=1S/C32H50N4O4S2/c1-23-10-12-24(13-11-23)18-35-16-14-26(15-17-35)33-29(37)27(20-41-19-25-8-6-5-7-9-25)34-30(38)28-21-42-22-36(28)31(39)40-32(2,3)4/h10-13,25-28H,5-9,14-22H2,1-4H3,(H,33,37)(H,34,38). The summed E-state index contributed by atoms with van der Waals surface area (Å²) in [4.78, 5) is 43.8. The van der Waals surface area contributed by atoms with Crippen molar-refractivity contribution in [3.8, 4) is 0 Å². The van der Waals surface area contributed by atoms with Crippen LogP contribution in [0.3, 0.4) is 0 Å². The van der Waals surface area contributed by atoms with Crippen LogP contribution in [0.5, 0.6) is 0 Å². The number of nitrogens with zero attached hydrogens (tertiary/aromatic N) is 2. The molecule has 2 unspecified atom stereocenters. The lowest BCUT2D eigenvalue weighted by atomic mass is 9.91. The zero-order valence-electron chi connectivity index (χ0n) is 25.9. The third-order valence-corrected chi connectivity index (χ3v) is 10.6. The average molecular weight is 619 g/mol. The molecule has 1 aliphatic carbocycles. The maximum absolute atomic E-state index is 13.6. The summed E-state index contributed by atoms with van der Waals surface area (Å²) < 4.78 is 5.54. The first kappa shape index (κ1) is 33.0. The van der Waals surface area contributed by atoms with E-state index in [1.54, 1.807) is 11.8 Å². The zero-order valence-corrected chi connectivity index (χ0v) is 27.5. The van der Waals surface area contributed by atoms with E-state index in [0.717, 1.165) is 38.2 Å². The monoisotopic (exact) mass is 618 g/mol. The Hall–Kier alpha value is -1.91. The van der Waals surface area contributed by atoms with Gasteiger partial charge in [-0.1, -0.05) is 49.1 Å². The number of piperidine rings is 1. The maximum atomic E-state index is 13.6. The van der Waals surface area contributed by atoms with E-state index in [0.29, 0.717) is 23.3 Å². The van der Waals surface area contributed by atoms with E-state index in [9.17, 15) is 14.4 Å². The number of carbonyl (C=O) groups excluding carboxylic acids is 3. The van der Waals surface area contributed by atoms with E-state index in [1.807, 2.05) is 20.8 Å². The molecule has 8 nitrogen and oxygen atoms in total. The minimum absolute atomic E-state index is 0.0924. The topological polar surface area (TPSA) is 91.0 Å². The predicted octanol–water partition coefficient (Wildman–Crippen LogP) is 5.18. The summed E-state index contributed by atoms with van der Waals surface area (Å²) in [7, 11) is 0. The molecule has 2 heterocycles. The van der Waals surface area contributed by atoms with Crippen LogP contribution in [0.25, 0.3) is 0 Å². The fourth-order valence-corrected chi connectivity index (χ4v) is 8.22. The second-order valence-electron chi connectivity index (χ2n) is 13.1. The van der Waals surface area contributed by atoms with Gasteiger partial charge in [-0.15, -0.1) is 11.8 Å². The van der Waals surface area contributed by atoms with Crippen molar-refractivity contribution < 1.29 is 19.1 Å². The summed E-state index contributed by atoms with van der Waals surface area (Å²) >= 11 is 3.29. The molecule has 3 fully saturated rings. The van der Waals surface area contributed by atoms with Crippen molar-refractivity contribution >= 4 is 41.4 Å². The van der Waals surface area contributed by atoms with Gasteiger partial charge in [-0.25, -0.2) is 4.79 Å². The van der Waals surface area contributed by atoms with Crippen molar-refractivity contribution in [3.05, 3.63) is 35.4 Å². The smallest absolute Gasteiger partial charge is 0.411 e. The number of rotatable bonds is 10. The average Bonchev–Trinajstić information content (AvgIpc) is 3.45. The van der Waals surface area contributed by atoms with E-state index < -0.39 is 23.8 Å². The minimum atomic E-state index is -0.645. The largest absolute Gasteiger partial charge is 0.444 e. The molecule has 1 aromatic rings. The molecule has 10 heteroatoms. The van der Waals surface area contributed by atoms with Crippen LogP contribution >= 0.6 is 23.5 Å². The van der Waals surface area contributed by atoms with E-state index in [-0.39, 0.29) is 17.9 Å². The van der Waals surface area contributed by atoms with Crippen LogP contribution in [-0.4, -0.2) is 87.7 Å². The molecule has 2 saturated heterocycles. The Kier molecular flexibility index (Phi) is 12.3. The normalized spacial score (nSPS) is 21.6. The fraction of sp³-hybridized carbons (Fsp3) is 0.719. The molecule has 1 aromatic carbocycles. The lowest BCUT2D eigenvalue weighted by Crippen LogP contribution is -2.57. The third-order valence-electron chi connectivity index (χ3n) is 8.27. The van der Waals surface area contributed by atoms with Crippen LogP contribution in [0, 0.1) is 12.8 Å². The molecule has 0 aromatic heterocycles. The summed E-state index contributed by atoms with van der Waals surface area (Å²) in [5, 5.41) is 6.29. The van der Waals surface area contributed by atoms with E-state index in [2.05, 4.69) is 46.7 Å². The van der Waals surface area contributed by atoms with Gasteiger partial charge in [0.2, 0.25) is 11.8 Å². The summed E-state index contributed by atoms with van der Waals surface area (Å²) in [6.07, 6.45) is 7.68. The molecular formula is C32H50N4O4S2. The molecule has 2 aliphatic heterocycles. The Labute approximate surface area is 260 Å². The van der Waals surface area contributed by atoms with Gasteiger partial charge in [0.1, 0.15) is 17.7 Å². The first-order valence-corrected chi connectivity index (χ1v) is 17.9. The molecular weight excluding hydrogens is 569 g/mol. The Bertz CT molecular complexity index is 1030.